The van der Waals surface area contributed by atoms with Crippen LogP contribution >= 0.6 is 0 Å². The molecule has 2 fully saturated rings. The van der Waals surface area contributed by atoms with E-state index in [0.717, 1.165) is 11.8 Å². The van der Waals surface area contributed by atoms with E-state index in [1.165, 1.54) is 43.2 Å². The van der Waals surface area contributed by atoms with Crippen LogP contribution in [0.25, 0.3) is 0 Å². The van der Waals surface area contributed by atoms with Crippen LogP contribution < -0.4 is 5.32 Å². The van der Waals surface area contributed by atoms with E-state index in [-0.39, 0.29) is 5.97 Å². The maximum absolute atomic E-state index is 12.0. The Bertz CT molecular complexity index is 816. The van der Waals surface area contributed by atoms with Gasteiger partial charge in [-0.05, 0) is 72.3 Å². The molecule has 1 aliphatic heterocycles. The van der Waals surface area contributed by atoms with Crippen molar-refractivity contribution in [3.63, 3.8) is 0 Å². The molecule has 1 N–H and O–H groups in total. The average Bonchev–Trinajstić information content (AvgIpc) is 3.29. The van der Waals surface area contributed by atoms with Crippen molar-refractivity contribution < 1.29 is 9.53 Å². The van der Waals surface area contributed by atoms with Gasteiger partial charge in [0.2, 0.25) is 0 Å². The Morgan fingerprint density at radius 2 is 1.88 bits per heavy atom. The fraction of sp³-hybridized carbons (Fsp3) is 0.409. The summed E-state index contributed by atoms with van der Waals surface area (Å²) in [4.78, 5) is 12.0. The third kappa shape index (κ3) is 2.21. The summed E-state index contributed by atoms with van der Waals surface area (Å²) in [6.45, 7) is 0. The highest BCUT2D eigenvalue weighted by Crippen LogP contribution is 2.63. The van der Waals surface area contributed by atoms with Gasteiger partial charge >= 0.3 is 5.97 Å². The minimum Gasteiger partial charge on any atom is -0.465 e. The maximum Gasteiger partial charge on any atom is 0.337 e. The Labute approximate surface area is 148 Å². The molecule has 1 heterocycles. The van der Waals surface area contributed by atoms with Crippen molar-refractivity contribution in [3.8, 4) is 0 Å². The lowest BCUT2D eigenvalue weighted by Gasteiger charge is -2.43. The molecular weight excluding hydrogens is 310 g/mol. The molecule has 0 amide bonds. The highest BCUT2D eigenvalue weighted by Gasteiger charge is 2.53. The van der Waals surface area contributed by atoms with Crippen LogP contribution in [0.15, 0.2) is 48.5 Å². The molecule has 0 unspecified atom stereocenters. The monoisotopic (exact) mass is 333 g/mol. The van der Waals surface area contributed by atoms with Crippen molar-refractivity contribution in [1.29, 1.82) is 0 Å². The van der Waals surface area contributed by atoms with Gasteiger partial charge in [-0.2, -0.15) is 0 Å². The summed E-state index contributed by atoms with van der Waals surface area (Å²) < 4.78 is 4.93. The lowest BCUT2D eigenvalue weighted by Crippen LogP contribution is -2.35. The summed E-state index contributed by atoms with van der Waals surface area (Å²) in [6, 6.07) is 17.2. The van der Waals surface area contributed by atoms with Crippen LogP contribution in [0.4, 0.5) is 5.69 Å². The second kappa shape index (κ2) is 5.62. The van der Waals surface area contributed by atoms with Crippen LogP contribution in [0.2, 0.25) is 0 Å². The standard InChI is InChI=1S/C22H23NO2/c1-25-22(24)16-9-10-18-17(12-16)19-14-7-8-15(11-14)20(19)21(23-18)13-5-3-2-4-6-13/h2-6,9-10,12,14-15,19-21,23H,7-8,11H2,1H3/t14-,15+,19-,20-,21+/m1/s1. The van der Waals surface area contributed by atoms with E-state index < -0.39 is 0 Å². The largest absolute Gasteiger partial charge is 0.465 e. The van der Waals surface area contributed by atoms with Crippen LogP contribution in [0.3, 0.4) is 0 Å². The van der Waals surface area contributed by atoms with E-state index in [1.807, 2.05) is 6.07 Å². The lowest BCUT2D eigenvalue weighted by molar-refractivity contribution is 0.0600. The Morgan fingerprint density at radius 3 is 2.68 bits per heavy atom. The van der Waals surface area contributed by atoms with Crippen molar-refractivity contribution in [3.05, 3.63) is 65.2 Å². The fourth-order valence-corrected chi connectivity index (χ4v) is 5.72. The van der Waals surface area contributed by atoms with Crippen LogP contribution in [0.1, 0.15) is 52.7 Å². The first kappa shape index (κ1) is 15.0. The van der Waals surface area contributed by atoms with Gasteiger partial charge in [0.15, 0.2) is 0 Å². The van der Waals surface area contributed by atoms with E-state index >= 15 is 0 Å². The molecule has 3 heteroatoms. The topological polar surface area (TPSA) is 38.3 Å². The molecule has 0 saturated heterocycles. The van der Waals surface area contributed by atoms with Gasteiger partial charge in [0.25, 0.3) is 0 Å². The number of benzene rings is 2. The molecule has 2 aliphatic carbocycles. The second-order valence-corrected chi connectivity index (χ2v) is 7.76. The minimum atomic E-state index is -0.243. The Hall–Kier alpha value is -2.29. The normalized spacial score (nSPS) is 31.8. The predicted octanol–water partition coefficient (Wildman–Crippen LogP) is 4.77. The zero-order valence-corrected chi connectivity index (χ0v) is 14.4. The number of methoxy groups -OCH3 is 1. The number of ether oxygens (including phenoxy) is 1. The van der Waals surface area contributed by atoms with Crippen molar-refractivity contribution in [2.75, 3.05) is 12.4 Å². The van der Waals surface area contributed by atoms with Crippen LogP contribution in [-0.2, 0) is 4.74 Å². The summed E-state index contributed by atoms with van der Waals surface area (Å²) >= 11 is 0. The highest BCUT2D eigenvalue weighted by atomic mass is 16.5. The van der Waals surface area contributed by atoms with Gasteiger partial charge < -0.3 is 10.1 Å². The molecule has 2 aromatic carbocycles. The van der Waals surface area contributed by atoms with E-state index in [0.29, 0.717) is 23.4 Å². The van der Waals surface area contributed by atoms with Crippen molar-refractivity contribution in [2.45, 2.75) is 31.2 Å². The number of carbonyl (C=O) groups is 1. The third-order valence-electron chi connectivity index (χ3n) is 6.67. The van der Waals surface area contributed by atoms with Crippen molar-refractivity contribution in [2.24, 2.45) is 17.8 Å². The zero-order chi connectivity index (χ0) is 17.0. The molecule has 2 saturated carbocycles. The van der Waals surface area contributed by atoms with Gasteiger partial charge in [0, 0.05) is 5.69 Å². The average molecular weight is 333 g/mol. The van der Waals surface area contributed by atoms with Crippen LogP contribution in [0, 0.1) is 17.8 Å². The molecular formula is C22H23NO2. The number of rotatable bonds is 2. The molecule has 0 radical (unpaired) electrons. The van der Waals surface area contributed by atoms with Gasteiger partial charge in [-0.15, -0.1) is 0 Å². The first-order chi connectivity index (χ1) is 12.3. The molecule has 0 spiro atoms. The maximum atomic E-state index is 12.0. The number of fused-ring (bicyclic) bond motifs is 7. The molecule has 3 nitrogen and oxygen atoms in total. The summed E-state index contributed by atoms with van der Waals surface area (Å²) in [7, 11) is 1.45. The van der Waals surface area contributed by atoms with Crippen molar-refractivity contribution in [1.82, 2.24) is 0 Å². The predicted molar refractivity (Wildman–Crippen MR) is 97.6 cm³/mol. The first-order valence-electron chi connectivity index (χ1n) is 9.30. The quantitative estimate of drug-likeness (QED) is 0.805. The van der Waals surface area contributed by atoms with E-state index in [4.69, 9.17) is 4.74 Å². The SMILES string of the molecule is COC(=O)c1ccc2c(c1)[C@H]1[C@@H]3CC[C@@H](C3)[C@H]1[C@H](c1ccccc1)N2. The third-order valence-corrected chi connectivity index (χ3v) is 6.67. The number of carbonyl (C=O) groups excluding carboxylic acids is 1. The molecule has 5 atom stereocenters. The second-order valence-electron chi connectivity index (χ2n) is 7.76. The number of hydrogen-bond acceptors (Lipinski definition) is 3. The lowest BCUT2D eigenvalue weighted by atomic mass is 9.68. The smallest absolute Gasteiger partial charge is 0.337 e. The molecule has 2 bridgehead atoms. The Kier molecular flexibility index (Phi) is 3.37. The molecule has 3 aliphatic rings. The minimum absolute atomic E-state index is 0.243. The summed E-state index contributed by atoms with van der Waals surface area (Å²) in [5.74, 6) is 2.50. The van der Waals surface area contributed by atoms with E-state index in [2.05, 4.69) is 47.8 Å². The summed E-state index contributed by atoms with van der Waals surface area (Å²) in [5, 5.41) is 3.80. The van der Waals surface area contributed by atoms with Gasteiger partial charge in [-0.3, -0.25) is 0 Å². The molecule has 128 valence electrons. The molecule has 0 aromatic heterocycles. The zero-order valence-electron chi connectivity index (χ0n) is 14.4. The number of nitrogens with one attached hydrogen (secondary N) is 1. The fourth-order valence-electron chi connectivity index (χ4n) is 5.72. The van der Waals surface area contributed by atoms with Crippen molar-refractivity contribution >= 4 is 11.7 Å². The molecule has 25 heavy (non-hydrogen) atoms. The van der Waals surface area contributed by atoms with Gasteiger partial charge in [-0.25, -0.2) is 4.79 Å². The van der Waals surface area contributed by atoms with E-state index in [1.54, 1.807) is 0 Å². The number of anilines is 1. The Morgan fingerprint density at radius 1 is 1.08 bits per heavy atom. The number of esters is 1. The van der Waals surface area contributed by atoms with Crippen LogP contribution in [0.5, 0.6) is 0 Å². The van der Waals surface area contributed by atoms with E-state index in [9.17, 15) is 4.79 Å². The molecule has 2 aromatic rings. The highest BCUT2D eigenvalue weighted by molar-refractivity contribution is 5.90. The Balaban J connectivity index is 1.61. The van der Waals surface area contributed by atoms with Gasteiger partial charge in [0.1, 0.15) is 0 Å². The van der Waals surface area contributed by atoms with Gasteiger partial charge in [-0.1, -0.05) is 30.3 Å². The number of hydrogen-bond donors (Lipinski definition) is 1. The molecule has 5 rings (SSSR count). The summed E-state index contributed by atoms with van der Waals surface area (Å²) in [6.07, 6.45) is 4.01. The van der Waals surface area contributed by atoms with Gasteiger partial charge in [0.05, 0.1) is 18.7 Å². The van der Waals surface area contributed by atoms with Crippen LogP contribution in [-0.4, -0.2) is 13.1 Å². The summed E-state index contributed by atoms with van der Waals surface area (Å²) in [5.41, 5.74) is 4.57. The first-order valence-corrected chi connectivity index (χ1v) is 9.30.